The van der Waals surface area contributed by atoms with Gasteiger partial charge in [-0.25, -0.2) is 13.4 Å². The number of pyridine rings is 1. The number of benzene rings is 1. The van der Waals surface area contributed by atoms with Gasteiger partial charge < -0.3 is 5.32 Å². The van der Waals surface area contributed by atoms with Crippen LogP contribution in [0.3, 0.4) is 0 Å². The van der Waals surface area contributed by atoms with Crippen molar-refractivity contribution in [3.05, 3.63) is 82.4 Å². The average molecular weight is 419 g/mol. The number of hydrogen-bond donors (Lipinski definition) is 1. The van der Waals surface area contributed by atoms with Crippen molar-refractivity contribution in [3.8, 4) is 0 Å². The molecule has 0 atom stereocenters. The summed E-state index contributed by atoms with van der Waals surface area (Å²) in [6.45, 7) is 4.10. The Bertz CT molecular complexity index is 1170. The molecule has 3 rings (SSSR count). The molecule has 0 saturated heterocycles. The van der Waals surface area contributed by atoms with Gasteiger partial charge in [0.05, 0.1) is 22.2 Å². The first kappa shape index (κ1) is 20.1. The Labute approximate surface area is 168 Å². The van der Waals surface area contributed by atoms with E-state index in [1.807, 2.05) is 0 Å². The second-order valence-electron chi connectivity index (χ2n) is 6.11. The predicted molar refractivity (Wildman–Crippen MR) is 110 cm³/mol. The van der Waals surface area contributed by atoms with Gasteiger partial charge in [0.2, 0.25) is 10.0 Å². The van der Waals surface area contributed by atoms with Crippen molar-refractivity contribution in [2.45, 2.75) is 11.4 Å². The summed E-state index contributed by atoms with van der Waals surface area (Å²) in [5, 5.41) is 3.59. The molecule has 0 aliphatic heterocycles. The minimum absolute atomic E-state index is 0.196. The van der Waals surface area contributed by atoms with E-state index < -0.39 is 10.0 Å². The molecule has 0 bridgehead atoms. The predicted octanol–water partition coefficient (Wildman–Crippen LogP) is 2.77. The lowest BCUT2D eigenvalue weighted by Gasteiger charge is -2.15. The topological polar surface area (TPSA) is 83.8 Å². The van der Waals surface area contributed by atoms with Gasteiger partial charge in [0.1, 0.15) is 5.65 Å². The van der Waals surface area contributed by atoms with E-state index in [4.69, 9.17) is 11.6 Å². The zero-order valence-electron chi connectivity index (χ0n) is 15.2. The van der Waals surface area contributed by atoms with Crippen LogP contribution < -0.4 is 10.9 Å². The molecule has 146 valence electrons. The number of sulfonamides is 1. The van der Waals surface area contributed by atoms with Crippen LogP contribution >= 0.6 is 11.6 Å². The summed E-state index contributed by atoms with van der Waals surface area (Å²) in [5.41, 5.74) is 1.55. The number of fused-ring (bicyclic) bond motifs is 1. The number of halogens is 1. The van der Waals surface area contributed by atoms with Gasteiger partial charge in [-0.3, -0.25) is 9.20 Å². The van der Waals surface area contributed by atoms with Gasteiger partial charge in [0.25, 0.3) is 5.56 Å². The average Bonchev–Trinajstić information content (AvgIpc) is 2.67. The number of hydrogen-bond acceptors (Lipinski definition) is 5. The summed E-state index contributed by atoms with van der Waals surface area (Å²) in [5.74, 6) is 0. The van der Waals surface area contributed by atoms with Crippen molar-refractivity contribution in [1.82, 2.24) is 13.7 Å². The minimum Gasteiger partial charge on any atom is -0.379 e. The summed E-state index contributed by atoms with van der Waals surface area (Å²) < 4.78 is 27.4. The third-order valence-corrected chi connectivity index (χ3v) is 6.16. The van der Waals surface area contributed by atoms with Gasteiger partial charge in [0.15, 0.2) is 0 Å². The van der Waals surface area contributed by atoms with Gasteiger partial charge in [-0.2, -0.15) is 4.31 Å². The van der Waals surface area contributed by atoms with Crippen LogP contribution in [0.4, 0.5) is 5.69 Å². The van der Waals surface area contributed by atoms with E-state index in [0.717, 1.165) is 0 Å². The number of rotatable bonds is 7. The van der Waals surface area contributed by atoms with Crippen LogP contribution in [-0.4, -0.2) is 35.7 Å². The standard InChI is InChI=1S/C19H19ClN4O3S/c1-3-10-23(2)28(26,27)17-7-5-15(6-8-17)21-12-16-11-19(25)24-13-14(20)4-9-18(24)22-16/h3-9,11,13,21H,1,10,12H2,2H3. The van der Waals surface area contributed by atoms with Crippen LogP contribution in [0, 0.1) is 0 Å². The third-order valence-electron chi connectivity index (χ3n) is 4.10. The number of nitrogens with zero attached hydrogens (tertiary/aromatic N) is 3. The van der Waals surface area contributed by atoms with E-state index in [1.165, 1.54) is 46.2 Å². The smallest absolute Gasteiger partial charge is 0.258 e. The van der Waals surface area contributed by atoms with E-state index >= 15 is 0 Å². The maximum absolute atomic E-state index is 12.4. The molecule has 0 radical (unpaired) electrons. The summed E-state index contributed by atoms with van der Waals surface area (Å²) in [6.07, 6.45) is 3.05. The first-order chi connectivity index (χ1) is 13.3. The highest BCUT2D eigenvalue weighted by atomic mass is 35.5. The Morgan fingerprint density at radius 3 is 2.64 bits per heavy atom. The SMILES string of the molecule is C=CCN(C)S(=O)(=O)c1ccc(NCc2cc(=O)n3cc(Cl)ccc3n2)cc1. The summed E-state index contributed by atoms with van der Waals surface area (Å²) >= 11 is 5.90. The summed E-state index contributed by atoms with van der Waals surface area (Å²) in [6, 6.07) is 11.2. The largest absolute Gasteiger partial charge is 0.379 e. The first-order valence-electron chi connectivity index (χ1n) is 8.40. The molecular weight excluding hydrogens is 400 g/mol. The van der Waals surface area contributed by atoms with Crippen molar-refractivity contribution in [2.24, 2.45) is 0 Å². The molecule has 7 nitrogen and oxygen atoms in total. The monoisotopic (exact) mass is 418 g/mol. The highest BCUT2D eigenvalue weighted by Gasteiger charge is 2.19. The Balaban J connectivity index is 1.75. The third kappa shape index (κ3) is 4.24. The van der Waals surface area contributed by atoms with Crippen LogP contribution in [0.5, 0.6) is 0 Å². The molecule has 0 aliphatic rings. The van der Waals surface area contributed by atoms with Crippen molar-refractivity contribution in [2.75, 3.05) is 18.9 Å². The zero-order valence-corrected chi connectivity index (χ0v) is 16.7. The zero-order chi connectivity index (χ0) is 20.3. The normalized spacial score (nSPS) is 11.7. The molecule has 0 fully saturated rings. The molecule has 28 heavy (non-hydrogen) atoms. The molecule has 2 aromatic heterocycles. The Hall–Kier alpha value is -2.68. The van der Waals surface area contributed by atoms with Crippen molar-refractivity contribution in [1.29, 1.82) is 0 Å². The fourth-order valence-electron chi connectivity index (χ4n) is 2.61. The van der Waals surface area contributed by atoms with Gasteiger partial charge in [-0.05, 0) is 36.4 Å². The highest BCUT2D eigenvalue weighted by molar-refractivity contribution is 7.89. The highest BCUT2D eigenvalue weighted by Crippen LogP contribution is 2.18. The molecule has 0 aliphatic carbocycles. The molecule has 0 saturated carbocycles. The minimum atomic E-state index is -3.55. The van der Waals surface area contributed by atoms with Gasteiger partial charge in [0, 0.05) is 31.5 Å². The lowest BCUT2D eigenvalue weighted by Crippen LogP contribution is -2.26. The molecule has 9 heteroatoms. The number of aromatic nitrogens is 2. The van der Waals surface area contributed by atoms with Crippen LogP contribution in [0.25, 0.3) is 5.65 Å². The number of nitrogens with one attached hydrogen (secondary N) is 1. The molecular formula is C19H19ClN4O3S. The number of anilines is 1. The first-order valence-corrected chi connectivity index (χ1v) is 10.2. The van der Waals surface area contributed by atoms with Crippen molar-refractivity contribution >= 4 is 33.0 Å². The van der Waals surface area contributed by atoms with E-state index in [9.17, 15) is 13.2 Å². The van der Waals surface area contributed by atoms with Crippen LogP contribution in [0.15, 0.2) is 71.0 Å². The lowest BCUT2D eigenvalue weighted by atomic mass is 10.3. The van der Waals surface area contributed by atoms with Gasteiger partial charge >= 0.3 is 0 Å². The molecule has 3 aromatic rings. The summed E-state index contributed by atoms with van der Waals surface area (Å²) in [4.78, 5) is 16.8. The van der Waals surface area contributed by atoms with Crippen molar-refractivity contribution < 1.29 is 8.42 Å². The Morgan fingerprint density at radius 2 is 1.96 bits per heavy atom. The van der Waals surface area contributed by atoms with Crippen LogP contribution in [-0.2, 0) is 16.6 Å². The second-order valence-corrected chi connectivity index (χ2v) is 8.59. The quantitative estimate of drug-likeness (QED) is 0.596. The maximum atomic E-state index is 12.4. The van der Waals surface area contributed by atoms with Gasteiger partial charge in [-0.15, -0.1) is 6.58 Å². The van der Waals surface area contributed by atoms with Crippen molar-refractivity contribution in [3.63, 3.8) is 0 Å². The molecule has 1 N–H and O–H groups in total. The van der Waals surface area contributed by atoms with Gasteiger partial charge in [-0.1, -0.05) is 17.7 Å². The fraction of sp³-hybridized carbons (Fsp3) is 0.158. The Morgan fingerprint density at radius 1 is 1.25 bits per heavy atom. The fourth-order valence-corrected chi connectivity index (χ4v) is 3.92. The molecule has 0 spiro atoms. The summed E-state index contributed by atoms with van der Waals surface area (Å²) in [7, 11) is -2.05. The maximum Gasteiger partial charge on any atom is 0.258 e. The number of likely N-dealkylation sites (N-methyl/N-ethyl adjacent to an activating group) is 1. The molecule has 2 heterocycles. The molecule has 0 amide bonds. The van der Waals surface area contributed by atoms with E-state index in [0.29, 0.717) is 28.6 Å². The van der Waals surface area contributed by atoms with Crippen LogP contribution in [0.1, 0.15) is 5.69 Å². The van der Waals surface area contributed by atoms with E-state index in [2.05, 4.69) is 16.9 Å². The molecule has 0 unspecified atom stereocenters. The molecule has 1 aromatic carbocycles. The van der Waals surface area contributed by atoms with Crippen LogP contribution in [0.2, 0.25) is 5.02 Å². The second kappa shape index (κ2) is 8.14. The Kier molecular flexibility index (Phi) is 5.83. The van der Waals surface area contributed by atoms with E-state index in [-0.39, 0.29) is 17.0 Å². The van der Waals surface area contributed by atoms with E-state index in [1.54, 1.807) is 24.3 Å². The lowest BCUT2D eigenvalue weighted by molar-refractivity contribution is 0.499.